The summed E-state index contributed by atoms with van der Waals surface area (Å²) >= 11 is 0. The second-order valence-electron chi connectivity index (χ2n) is 3.52. The van der Waals surface area contributed by atoms with E-state index in [1.54, 1.807) is 23.1 Å². The molecule has 0 aliphatic carbocycles. The molecule has 0 aliphatic rings. The largest absolute Gasteiger partial charge is 0.397 e. The lowest BCUT2D eigenvalue weighted by atomic mass is 10.2. The van der Waals surface area contributed by atoms with Crippen LogP contribution in [0.5, 0.6) is 0 Å². The third-order valence-corrected chi connectivity index (χ3v) is 2.33. The third kappa shape index (κ3) is 2.52. The van der Waals surface area contributed by atoms with Gasteiger partial charge in [0.2, 0.25) is 0 Å². The highest BCUT2D eigenvalue weighted by atomic mass is 19.2. The highest BCUT2D eigenvalue weighted by molar-refractivity contribution is 5.66. The van der Waals surface area contributed by atoms with Gasteiger partial charge in [-0.25, -0.2) is 8.78 Å². The van der Waals surface area contributed by atoms with Crippen molar-refractivity contribution in [1.29, 1.82) is 0 Å². The Bertz CT molecular complexity index is 496. The first-order valence-electron chi connectivity index (χ1n) is 5.13. The molecule has 4 nitrogen and oxygen atoms in total. The Balaban J connectivity index is 2.01. The second kappa shape index (κ2) is 4.82. The van der Waals surface area contributed by atoms with Gasteiger partial charge in [0.05, 0.1) is 17.9 Å². The van der Waals surface area contributed by atoms with Crippen LogP contribution in [0.3, 0.4) is 0 Å². The molecule has 0 unspecified atom stereocenters. The maximum atomic E-state index is 13.4. The lowest BCUT2D eigenvalue weighted by Crippen LogP contribution is -2.13. The van der Waals surface area contributed by atoms with E-state index in [1.165, 1.54) is 6.07 Å². The number of benzene rings is 1. The summed E-state index contributed by atoms with van der Waals surface area (Å²) in [6.45, 7) is 0.953. The topological polar surface area (TPSA) is 55.9 Å². The molecule has 0 bridgehead atoms. The number of hydrogen-bond acceptors (Lipinski definition) is 3. The highest BCUT2D eigenvalue weighted by Crippen LogP contribution is 2.24. The van der Waals surface area contributed by atoms with Crippen molar-refractivity contribution in [3.63, 3.8) is 0 Å². The van der Waals surface area contributed by atoms with Crippen LogP contribution < -0.4 is 11.1 Å². The molecule has 2 rings (SSSR count). The molecule has 2 aromatic rings. The SMILES string of the molecule is Nc1ccc(F)c(F)c1NCCn1cccn1. The van der Waals surface area contributed by atoms with Gasteiger partial charge in [-0.3, -0.25) is 4.68 Å². The smallest absolute Gasteiger partial charge is 0.183 e. The maximum absolute atomic E-state index is 13.4. The molecule has 0 radical (unpaired) electrons. The zero-order chi connectivity index (χ0) is 12.3. The quantitative estimate of drug-likeness (QED) is 0.799. The number of hydrogen-bond donors (Lipinski definition) is 2. The summed E-state index contributed by atoms with van der Waals surface area (Å²) in [7, 11) is 0. The van der Waals surface area contributed by atoms with Crippen LogP contribution in [0.4, 0.5) is 20.2 Å². The lowest BCUT2D eigenvalue weighted by molar-refractivity contribution is 0.510. The van der Waals surface area contributed by atoms with Crippen LogP contribution in [0.1, 0.15) is 0 Å². The monoisotopic (exact) mass is 238 g/mol. The first kappa shape index (κ1) is 11.4. The van der Waals surface area contributed by atoms with Crippen molar-refractivity contribution in [2.45, 2.75) is 6.54 Å². The van der Waals surface area contributed by atoms with Gasteiger partial charge in [-0.1, -0.05) is 0 Å². The van der Waals surface area contributed by atoms with Crippen LogP contribution in [-0.4, -0.2) is 16.3 Å². The van der Waals surface area contributed by atoms with Gasteiger partial charge in [0.25, 0.3) is 0 Å². The molecule has 3 N–H and O–H groups in total. The van der Waals surface area contributed by atoms with Gasteiger partial charge in [-0.2, -0.15) is 5.10 Å². The van der Waals surface area contributed by atoms with Crippen LogP contribution in [-0.2, 0) is 6.54 Å². The molecule has 0 saturated heterocycles. The molecule has 0 amide bonds. The molecule has 0 atom stereocenters. The molecule has 1 heterocycles. The minimum absolute atomic E-state index is 0.00263. The van der Waals surface area contributed by atoms with Crippen LogP contribution in [0.25, 0.3) is 0 Å². The fourth-order valence-electron chi connectivity index (χ4n) is 1.47. The summed E-state index contributed by atoms with van der Waals surface area (Å²) in [5, 5.41) is 6.75. The lowest BCUT2D eigenvalue weighted by Gasteiger charge is -2.10. The average molecular weight is 238 g/mol. The summed E-state index contributed by atoms with van der Waals surface area (Å²) in [4.78, 5) is 0. The number of anilines is 2. The Morgan fingerprint density at radius 2 is 2.18 bits per heavy atom. The third-order valence-electron chi connectivity index (χ3n) is 2.33. The molecule has 0 aliphatic heterocycles. The first-order chi connectivity index (χ1) is 8.18. The number of nitrogens with two attached hydrogens (primary N) is 1. The van der Waals surface area contributed by atoms with E-state index in [2.05, 4.69) is 10.4 Å². The Hall–Kier alpha value is -2.11. The minimum atomic E-state index is -0.953. The van der Waals surface area contributed by atoms with E-state index in [-0.39, 0.29) is 11.4 Å². The van der Waals surface area contributed by atoms with E-state index >= 15 is 0 Å². The summed E-state index contributed by atoms with van der Waals surface area (Å²) in [6.07, 6.45) is 3.43. The summed E-state index contributed by atoms with van der Waals surface area (Å²) in [5.74, 6) is -1.87. The zero-order valence-corrected chi connectivity index (χ0v) is 9.03. The minimum Gasteiger partial charge on any atom is -0.397 e. The van der Waals surface area contributed by atoms with Gasteiger partial charge >= 0.3 is 0 Å². The molecular formula is C11H12F2N4. The van der Waals surface area contributed by atoms with Crippen LogP contribution in [0.2, 0.25) is 0 Å². The van der Waals surface area contributed by atoms with Gasteiger partial charge in [-0.05, 0) is 18.2 Å². The molecule has 0 spiro atoms. The average Bonchev–Trinajstić information content (AvgIpc) is 2.81. The molecule has 6 heteroatoms. The van der Waals surface area contributed by atoms with Gasteiger partial charge < -0.3 is 11.1 Å². The molecule has 0 fully saturated rings. The predicted molar refractivity (Wildman–Crippen MR) is 61.5 cm³/mol. The standard InChI is InChI=1S/C11H12F2N4/c12-8-2-3-9(14)11(10(8)13)15-5-7-17-6-1-4-16-17/h1-4,6,15H,5,7,14H2. The maximum Gasteiger partial charge on any atom is 0.183 e. The molecular weight excluding hydrogens is 226 g/mol. The number of nitrogens with one attached hydrogen (secondary N) is 1. The van der Waals surface area contributed by atoms with Gasteiger partial charge in [0, 0.05) is 18.9 Å². The molecule has 1 aromatic carbocycles. The number of nitrogens with zero attached hydrogens (tertiary/aromatic N) is 2. The predicted octanol–water partition coefficient (Wildman–Crippen LogP) is 1.86. The van der Waals surface area contributed by atoms with E-state index in [1.807, 2.05) is 0 Å². The Morgan fingerprint density at radius 1 is 1.35 bits per heavy atom. The highest BCUT2D eigenvalue weighted by Gasteiger charge is 2.10. The summed E-state index contributed by atoms with van der Waals surface area (Å²) in [6, 6.07) is 4.12. The van der Waals surface area contributed by atoms with E-state index in [4.69, 9.17) is 5.73 Å². The van der Waals surface area contributed by atoms with Gasteiger partial charge in [0.1, 0.15) is 0 Å². The van der Waals surface area contributed by atoms with E-state index in [0.29, 0.717) is 13.1 Å². The van der Waals surface area contributed by atoms with Crippen LogP contribution in [0, 0.1) is 11.6 Å². The molecule has 17 heavy (non-hydrogen) atoms. The molecule has 1 aromatic heterocycles. The Kier molecular flexibility index (Phi) is 3.22. The van der Waals surface area contributed by atoms with E-state index in [9.17, 15) is 8.78 Å². The van der Waals surface area contributed by atoms with Crippen molar-refractivity contribution < 1.29 is 8.78 Å². The Morgan fingerprint density at radius 3 is 2.88 bits per heavy atom. The Labute approximate surface area is 97.0 Å². The normalized spacial score (nSPS) is 10.5. The van der Waals surface area contributed by atoms with Crippen molar-refractivity contribution in [3.8, 4) is 0 Å². The van der Waals surface area contributed by atoms with Crippen molar-refractivity contribution in [1.82, 2.24) is 9.78 Å². The summed E-state index contributed by atoms with van der Waals surface area (Å²) < 4.78 is 28.0. The number of nitrogen functional groups attached to an aromatic ring is 1. The van der Waals surface area contributed by atoms with Crippen molar-refractivity contribution >= 4 is 11.4 Å². The van der Waals surface area contributed by atoms with Crippen molar-refractivity contribution in [2.75, 3.05) is 17.6 Å². The first-order valence-corrected chi connectivity index (χ1v) is 5.13. The number of halogens is 2. The van der Waals surface area contributed by atoms with Gasteiger partial charge in [-0.15, -0.1) is 0 Å². The molecule has 90 valence electrons. The second-order valence-corrected chi connectivity index (χ2v) is 3.52. The van der Waals surface area contributed by atoms with Crippen LogP contribution >= 0.6 is 0 Å². The number of rotatable bonds is 4. The van der Waals surface area contributed by atoms with Crippen molar-refractivity contribution in [3.05, 3.63) is 42.2 Å². The van der Waals surface area contributed by atoms with E-state index < -0.39 is 11.6 Å². The van der Waals surface area contributed by atoms with E-state index in [0.717, 1.165) is 6.07 Å². The van der Waals surface area contributed by atoms with Gasteiger partial charge in [0.15, 0.2) is 11.6 Å². The summed E-state index contributed by atoms with van der Waals surface area (Å²) in [5.41, 5.74) is 5.74. The number of aromatic nitrogens is 2. The van der Waals surface area contributed by atoms with Crippen molar-refractivity contribution in [2.24, 2.45) is 0 Å². The molecule has 0 saturated carbocycles. The fraction of sp³-hybridized carbons (Fsp3) is 0.182. The van der Waals surface area contributed by atoms with Crippen LogP contribution in [0.15, 0.2) is 30.6 Å². The fourth-order valence-corrected chi connectivity index (χ4v) is 1.47. The zero-order valence-electron chi connectivity index (χ0n) is 9.03.